The quantitative estimate of drug-likeness (QED) is 0.692. The van der Waals surface area contributed by atoms with Gasteiger partial charge in [-0.3, -0.25) is 4.79 Å². The average molecular weight is 389 g/mol. The summed E-state index contributed by atoms with van der Waals surface area (Å²) in [5, 5.41) is 7.80. The number of rotatable bonds is 5. The number of benzene rings is 1. The summed E-state index contributed by atoms with van der Waals surface area (Å²) in [5.74, 6) is 0.906. The van der Waals surface area contributed by atoms with Gasteiger partial charge in [0, 0.05) is 17.5 Å². The predicted octanol–water partition coefficient (Wildman–Crippen LogP) is 4.66. The van der Waals surface area contributed by atoms with E-state index in [9.17, 15) is 4.79 Å². The highest BCUT2D eigenvalue weighted by atomic mass is 16.2. The van der Waals surface area contributed by atoms with E-state index in [4.69, 9.17) is 0 Å². The van der Waals surface area contributed by atoms with Crippen molar-refractivity contribution in [2.45, 2.75) is 57.4 Å². The van der Waals surface area contributed by atoms with Crippen LogP contribution >= 0.6 is 0 Å². The fourth-order valence-corrected chi connectivity index (χ4v) is 4.53. The summed E-state index contributed by atoms with van der Waals surface area (Å²) in [6, 6.07) is 15.9. The molecule has 150 valence electrons. The second kappa shape index (κ2) is 8.19. The second-order valence-corrected chi connectivity index (χ2v) is 7.99. The third kappa shape index (κ3) is 3.69. The Bertz CT molecular complexity index is 959. The summed E-state index contributed by atoms with van der Waals surface area (Å²) in [5.41, 5.74) is 2.71. The molecule has 4 rings (SSSR count). The zero-order chi connectivity index (χ0) is 20.3. The number of hydrogen-bond acceptors (Lipinski definition) is 3. The molecule has 1 N–H and O–H groups in total. The van der Waals surface area contributed by atoms with Gasteiger partial charge in [-0.15, -0.1) is 0 Å². The lowest BCUT2D eigenvalue weighted by Crippen LogP contribution is -2.46. The molecule has 0 aliphatic heterocycles. The third-order valence-corrected chi connectivity index (χ3v) is 6.20. The fourth-order valence-electron chi connectivity index (χ4n) is 4.53. The molecule has 1 amide bonds. The lowest BCUT2D eigenvalue weighted by atomic mass is 9.68. The number of nitrogens with one attached hydrogen (secondary N) is 1. The molecule has 0 spiro atoms. The van der Waals surface area contributed by atoms with Crippen molar-refractivity contribution in [2.75, 3.05) is 0 Å². The van der Waals surface area contributed by atoms with Gasteiger partial charge in [0.1, 0.15) is 0 Å². The molecule has 1 aliphatic carbocycles. The molecule has 1 aromatic carbocycles. The molecule has 1 saturated carbocycles. The molecule has 5 nitrogen and oxygen atoms in total. The molecule has 2 heterocycles. The van der Waals surface area contributed by atoms with Gasteiger partial charge in [0.25, 0.3) is 0 Å². The molecule has 0 saturated heterocycles. The number of nitrogens with zero attached hydrogens (tertiary/aromatic N) is 3. The van der Waals surface area contributed by atoms with Gasteiger partial charge in [-0.05, 0) is 44.4 Å². The zero-order valence-corrected chi connectivity index (χ0v) is 17.1. The van der Waals surface area contributed by atoms with Crippen LogP contribution < -0.4 is 5.32 Å². The maximum Gasteiger partial charge on any atom is 0.231 e. The van der Waals surface area contributed by atoms with Crippen molar-refractivity contribution in [2.24, 2.45) is 0 Å². The summed E-state index contributed by atoms with van der Waals surface area (Å²) < 4.78 is 1.82. The van der Waals surface area contributed by atoms with Crippen molar-refractivity contribution in [1.82, 2.24) is 20.1 Å². The van der Waals surface area contributed by atoms with Gasteiger partial charge in [-0.25, -0.2) is 9.67 Å². The van der Waals surface area contributed by atoms with Crippen LogP contribution in [-0.2, 0) is 10.2 Å². The van der Waals surface area contributed by atoms with E-state index in [1.807, 2.05) is 61.1 Å². The van der Waals surface area contributed by atoms with E-state index < -0.39 is 5.41 Å². The standard InChI is InChI=1S/C24H28N4O/c1-18(21-17-26-28(19(21)2)22-13-7-10-16-25-22)27-23(29)24(14-8-4-9-15-24)20-11-5-3-6-12-20/h3,5-7,10-13,16-18H,4,8-9,14-15H2,1-2H3,(H,27,29)/t18-/m1/s1. The van der Waals surface area contributed by atoms with E-state index in [0.717, 1.165) is 48.3 Å². The maximum absolute atomic E-state index is 13.5. The fraction of sp³-hybridized carbons (Fsp3) is 0.375. The lowest BCUT2D eigenvalue weighted by molar-refractivity contribution is -0.128. The highest BCUT2D eigenvalue weighted by Crippen LogP contribution is 2.40. The van der Waals surface area contributed by atoms with E-state index in [1.54, 1.807) is 6.20 Å². The van der Waals surface area contributed by atoms with Crippen molar-refractivity contribution in [3.8, 4) is 5.82 Å². The first-order valence-electron chi connectivity index (χ1n) is 10.4. The van der Waals surface area contributed by atoms with Crippen molar-refractivity contribution >= 4 is 5.91 Å². The number of amides is 1. The number of carbonyl (C=O) groups is 1. The van der Waals surface area contributed by atoms with Crippen LogP contribution in [0.4, 0.5) is 0 Å². The molecule has 0 bridgehead atoms. The number of aromatic nitrogens is 3. The topological polar surface area (TPSA) is 59.8 Å². The van der Waals surface area contributed by atoms with Gasteiger partial charge in [0.2, 0.25) is 5.91 Å². The minimum Gasteiger partial charge on any atom is -0.349 e. The Hall–Kier alpha value is -2.95. The Balaban J connectivity index is 1.58. The van der Waals surface area contributed by atoms with Crippen LogP contribution in [0.1, 0.15) is 61.9 Å². The molecule has 0 radical (unpaired) electrons. The molecule has 1 atom stereocenters. The molecular weight excluding hydrogens is 360 g/mol. The Morgan fingerprint density at radius 1 is 1.07 bits per heavy atom. The van der Waals surface area contributed by atoms with Crippen LogP contribution in [0.5, 0.6) is 0 Å². The number of hydrogen-bond donors (Lipinski definition) is 1. The molecule has 2 aromatic heterocycles. The molecule has 0 unspecified atom stereocenters. The number of pyridine rings is 1. The average Bonchev–Trinajstić information content (AvgIpc) is 3.17. The summed E-state index contributed by atoms with van der Waals surface area (Å²) in [6.45, 7) is 4.05. The molecular formula is C24H28N4O. The van der Waals surface area contributed by atoms with Crippen LogP contribution in [0.15, 0.2) is 60.9 Å². The molecule has 1 fully saturated rings. The predicted molar refractivity (Wildman–Crippen MR) is 114 cm³/mol. The molecule has 3 aromatic rings. The van der Waals surface area contributed by atoms with Gasteiger partial charge in [-0.2, -0.15) is 5.10 Å². The van der Waals surface area contributed by atoms with E-state index >= 15 is 0 Å². The molecule has 29 heavy (non-hydrogen) atoms. The van der Waals surface area contributed by atoms with Crippen LogP contribution in [0, 0.1) is 6.92 Å². The zero-order valence-electron chi connectivity index (χ0n) is 17.1. The normalized spacial score (nSPS) is 16.9. The van der Waals surface area contributed by atoms with Crippen LogP contribution in [-0.4, -0.2) is 20.7 Å². The van der Waals surface area contributed by atoms with Crippen LogP contribution in [0.25, 0.3) is 5.82 Å². The summed E-state index contributed by atoms with van der Waals surface area (Å²) >= 11 is 0. The minimum absolute atomic E-state index is 0.123. The van der Waals surface area contributed by atoms with Gasteiger partial charge >= 0.3 is 0 Å². The first-order chi connectivity index (χ1) is 14.1. The third-order valence-electron chi connectivity index (χ3n) is 6.20. The Labute approximate surface area is 172 Å². The van der Waals surface area contributed by atoms with Gasteiger partial charge in [0.05, 0.1) is 17.7 Å². The number of carbonyl (C=O) groups excluding carboxylic acids is 1. The van der Waals surface area contributed by atoms with Crippen molar-refractivity contribution in [1.29, 1.82) is 0 Å². The molecule has 5 heteroatoms. The largest absolute Gasteiger partial charge is 0.349 e. The first kappa shape index (κ1) is 19.4. The second-order valence-electron chi connectivity index (χ2n) is 7.99. The van der Waals surface area contributed by atoms with Gasteiger partial charge < -0.3 is 5.32 Å². The smallest absolute Gasteiger partial charge is 0.231 e. The maximum atomic E-state index is 13.5. The summed E-state index contributed by atoms with van der Waals surface area (Å²) in [4.78, 5) is 17.9. The van der Waals surface area contributed by atoms with E-state index in [2.05, 4.69) is 27.5 Å². The van der Waals surface area contributed by atoms with E-state index in [0.29, 0.717) is 0 Å². The van der Waals surface area contributed by atoms with E-state index in [-0.39, 0.29) is 11.9 Å². The Morgan fingerprint density at radius 2 is 1.79 bits per heavy atom. The first-order valence-corrected chi connectivity index (χ1v) is 10.4. The van der Waals surface area contributed by atoms with Gasteiger partial charge in [0.15, 0.2) is 5.82 Å². The Kier molecular flexibility index (Phi) is 5.47. The van der Waals surface area contributed by atoms with E-state index in [1.165, 1.54) is 6.42 Å². The van der Waals surface area contributed by atoms with Crippen molar-refractivity contribution in [3.63, 3.8) is 0 Å². The monoisotopic (exact) mass is 388 g/mol. The van der Waals surface area contributed by atoms with Crippen LogP contribution in [0.3, 0.4) is 0 Å². The Morgan fingerprint density at radius 3 is 2.48 bits per heavy atom. The molecule has 1 aliphatic rings. The highest BCUT2D eigenvalue weighted by Gasteiger charge is 2.41. The lowest BCUT2D eigenvalue weighted by Gasteiger charge is -2.37. The highest BCUT2D eigenvalue weighted by molar-refractivity contribution is 5.88. The van der Waals surface area contributed by atoms with Gasteiger partial charge in [-0.1, -0.05) is 55.7 Å². The summed E-state index contributed by atoms with van der Waals surface area (Å²) in [7, 11) is 0. The summed E-state index contributed by atoms with van der Waals surface area (Å²) in [6.07, 6.45) is 8.79. The minimum atomic E-state index is -0.432. The SMILES string of the molecule is Cc1c([C@@H](C)NC(=O)C2(c3ccccc3)CCCCC2)cnn1-c1ccccn1. The van der Waals surface area contributed by atoms with Crippen molar-refractivity contribution in [3.05, 3.63) is 77.7 Å². The van der Waals surface area contributed by atoms with Crippen LogP contribution in [0.2, 0.25) is 0 Å². The van der Waals surface area contributed by atoms with Crippen molar-refractivity contribution < 1.29 is 4.79 Å².